The molecule has 108 valence electrons. The van der Waals surface area contributed by atoms with E-state index in [4.69, 9.17) is 23.2 Å². The molecule has 0 amide bonds. The van der Waals surface area contributed by atoms with Crippen LogP contribution in [0.25, 0.3) is 0 Å². The Balaban J connectivity index is 2.13. The molecule has 0 saturated carbocycles. The molecule has 0 bridgehead atoms. The summed E-state index contributed by atoms with van der Waals surface area (Å²) < 4.78 is 0. The van der Waals surface area contributed by atoms with Crippen LogP contribution in [0, 0.1) is 0 Å². The minimum absolute atomic E-state index is 0.205. The lowest BCUT2D eigenvalue weighted by molar-refractivity contribution is 0.500. The van der Waals surface area contributed by atoms with E-state index in [9.17, 15) is 0 Å². The second-order valence-corrected chi connectivity index (χ2v) is 6.41. The SMILES string of the molecule is CCCNC(CCc1ccsc1)c1c(Cl)cccc1Cl. The van der Waals surface area contributed by atoms with E-state index in [0.29, 0.717) is 0 Å². The van der Waals surface area contributed by atoms with Crippen LogP contribution in [-0.2, 0) is 6.42 Å². The van der Waals surface area contributed by atoms with Crippen molar-refractivity contribution in [1.29, 1.82) is 0 Å². The zero-order valence-electron chi connectivity index (χ0n) is 11.5. The third-order valence-electron chi connectivity index (χ3n) is 3.29. The third kappa shape index (κ3) is 4.23. The minimum atomic E-state index is 0.205. The predicted molar refractivity (Wildman–Crippen MR) is 90.1 cm³/mol. The number of thiophene rings is 1. The Morgan fingerprint density at radius 1 is 1.20 bits per heavy atom. The molecule has 0 aliphatic rings. The maximum absolute atomic E-state index is 6.34. The third-order valence-corrected chi connectivity index (χ3v) is 4.68. The summed E-state index contributed by atoms with van der Waals surface area (Å²) in [6.07, 6.45) is 3.13. The fraction of sp³-hybridized carbons (Fsp3) is 0.375. The summed E-state index contributed by atoms with van der Waals surface area (Å²) in [5.74, 6) is 0. The highest BCUT2D eigenvalue weighted by Gasteiger charge is 2.17. The molecule has 1 N–H and O–H groups in total. The van der Waals surface area contributed by atoms with Crippen LogP contribution < -0.4 is 5.32 Å². The molecule has 1 nitrogen and oxygen atoms in total. The molecule has 0 saturated heterocycles. The number of aryl methyl sites for hydroxylation is 1. The van der Waals surface area contributed by atoms with Crippen molar-refractivity contribution in [2.45, 2.75) is 32.2 Å². The molecule has 2 aromatic rings. The molecule has 20 heavy (non-hydrogen) atoms. The molecule has 2 rings (SSSR count). The van der Waals surface area contributed by atoms with Crippen LogP contribution in [0.4, 0.5) is 0 Å². The van der Waals surface area contributed by atoms with Crippen molar-refractivity contribution in [3.63, 3.8) is 0 Å². The fourth-order valence-electron chi connectivity index (χ4n) is 2.26. The summed E-state index contributed by atoms with van der Waals surface area (Å²) >= 11 is 14.4. The maximum Gasteiger partial charge on any atom is 0.0468 e. The molecule has 1 heterocycles. The molecule has 4 heteroatoms. The highest BCUT2D eigenvalue weighted by atomic mass is 35.5. The van der Waals surface area contributed by atoms with E-state index < -0.39 is 0 Å². The van der Waals surface area contributed by atoms with Gasteiger partial charge in [0.25, 0.3) is 0 Å². The normalized spacial score (nSPS) is 12.6. The second-order valence-electron chi connectivity index (χ2n) is 4.81. The van der Waals surface area contributed by atoms with Crippen molar-refractivity contribution < 1.29 is 0 Å². The van der Waals surface area contributed by atoms with Gasteiger partial charge in [0.15, 0.2) is 0 Å². The van der Waals surface area contributed by atoms with Gasteiger partial charge >= 0.3 is 0 Å². The highest BCUT2D eigenvalue weighted by Crippen LogP contribution is 2.32. The van der Waals surface area contributed by atoms with Crippen LogP contribution in [-0.4, -0.2) is 6.54 Å². The van der Waals surface area contributed by atoms with E-state index in [1.54, 1.807) is 11.3 Å². The largest absolute Gasteiger partial charge is 0.310 e. The molecular formula is C16H19Cl2NS. The number of nitrogens with one attached hydrogen (secondary N) is 1. The molecule has 0 aliphatic heterocycles. The van der Waals surface area contributed by atoms with Gasteiger partial charge in [-0.25, -0.2) is 0 Å². The Kier molecular flexibility index (Phi) is 6.37. The van der Waals surface area contributed by atoms with E-state index in [2.05, 4.69) is 29.1 Å². The summed E-state index contributed by atoms with van der Waals surface area (Å²) in [5.41, 5.74) is 2.40. The van der Waals surface area contributed by atoms with Gasteiger partial charge in [-0.15, -0.1) is 0 Å². The zero-order chi connectivity index (χ0) is 14.4. The topological polar surface area (TPSA) is 12.0 Å². The van der Waals surface area contributed by atoms with Crippen molar-refractivity contribution in [3.05, 3.63) is 56.2 Å². The lowest BCUT2D eigenvalue weighted by atomic mass is 9.99. The van der Waals surface area contributed by atoms with E-state index in [1.165, 1.54) is 5.56 Å². The second kappa shape index (κ2) is 8.04. The van der Waals surface area contributed by atoms with Gasteiger partial charge in [0.2, 0.25) is 0 Å². The summed E-state index contributed by atoms with van der Waals surface area (Å²) in [7, 11) is 0. The van der Waals surface area contributed by atoms with Crippen LogP contribution in [0.1, 0.15) is 36.9 Å². The van der Waals surface area contributed by atoms with E-state index in [0.717, 1.165) is 41.4 Å². The first-order valence-corrected chi connectivity index (χ1v) is 8.60. The standard InChI is InChI=1S/C16H19Cl2NS/c1-2-9-19-15(7-6-12-8-10-20-11-12)16-13(17)4-3-5-14(16)18/h3-5,8,10-11,15,19H,2,6-7,9H2,1H3. The highest BCUT2D eigenvalue weighted by molar-refractivity contribution is 7.07. The summed E-state index contributed by atoms with van der Waals surface area (Å²) in [5, 5.41) is 9.37. The number of benzene rings is 1. The average molecular weight is 328 g/mol. The molecule has 0 fully saturated rings. The van der Waals surface area contributed by atoms with E-state index in [-0.39, 0.29) is 6.04 Å². The monoisotopic (exact) mass is 327 g/mol. The first-order chi connectivity index (χ1) is 9.72. The smallest absolute Gasteiger partial charge is 0.0468 e. The van der Waals surface area contributed by atoms with Crippen molar-refractivity contribution >= 4 is 34.5 Å². The van der Waals surface area contributed by atoms with E-state index >= 15 is 0 Å². The van der Waals surface area contributed by atoms with Gasteiger partial charge < -0.3 is 5.32 Å². The first-order valence-electron chi connectivity index (χ1n) is 6.90. The van der Waals surface area contributed by atoms with Gasteiger partial charge in [0.1, 0.15) is 0 Å². The van der Waals surface area contributed by atoms with Gasteiger partial charge in [0.05, 0.1) is 0 Å². The Bertz CT molecular complexity index is 505. The average Bonchev–Trinajstić information content (AvgIpc) is 2.94. The number of halogens is 2. The van der Waals surface area contributed by atoms with Crippen molar-refractivity contribution in [3.8, 4) is 0 Å². The fourth-order valence-corrected chi connectivity index (χ4v) is 3.62. The lowest BCUT2D eigenvalue weighted by Gasteiger charge is -2.21. The maximum atomic E-state index is 6.34. The molecule has 1 atom stereocenters. The van der Waals surface area contributed by atoms with Gasteiger partial charge in [-0.3, -0.25) is 0 Å². The molecule has 0 radical (unpaired) electrons. The van der Waals surface area contributed by atoms with Crippen LogP contribution >= 0.6 is 34.5 Å². The Labute approximate surface area is 134 Å². The van der Waals surface area contributed by atoms with Crippen molar-refractivity contribution in [2.24, 2.45) is 0 Å². The Morgan fingerprint density at radius 3 is 2.55 bits per heavy atom. The van der Waals surface area contributed by atoms with Crippen molar-refractivity contribution in [1.82, 2.24) is 5.32 Å². The molecule has 1 unspecified atom stereocenters. The predicted octanol–water partition coefficient (Wildman–Crippen LogP) is 5.73. The van der Waals surface area contributed by atoms with Gasteiger partial charge in [0, 0.05) is 21.7 Å². The summed E-state index contributed by atoms with van der Waals surface area (Å²) in [6, 6.07) is 8.10. The molecule has 1 aromatic carbocycles. The van der Waals surface area contributed by atoms with E-state index in [1.807, 2.05) is 18.2 Å². The first kappa shape index (κ1) is 15.8. The van der Waals surface area contributed by atoms with Crippen LogP contribution in [0.5, 0.6) is 0 Å². The molecule has 0 spiro atoms. The number of hydrogen-bond donors (Lipinski definition) is 1. The Morgan fingerprint density at radius 2 is 1.95 bits per heavy atom. The van der Waals surface area contributed by atoms with Crippen molar-refractivity contribution in [2.75, 3.05) is 6.54 Å². The number of hydrogen-bond acceptors (Lipinski definition) is 2. The van der Waals surface area contributed by atoms with Crippen LogP contribution in [0.15, 0.2) is 35.0 Å². The number of rotatable bonds is 7. The van der Waals surface area contributed by atoms with Gasteiger partial charge in [-0.05, 0) is 60.3 Å². The Hall–Kier alpha value is -0.540. The van der Waals surface area contributed by atoms with Gasteiger partial charge in [-0.1, -0.05) is 36.2 Å². The molecule has 1 aromatic heterocycles. The quantitative estimate of drug-likeness (QED) is 0.684. The van der Waals surface area contributed by atoms with Crippen LogP contribution in [0.3, 0.4) is 0 Å². The summed E-state index contributed by atoms with van der Waals surface area (Å²) in [4.78, 5) is 0. The van der Waals surface area contributed by atoms with Crippen LogP contribution in [0.2, 0.25) is 10.0 Å². The zero-order valence-corrected chi connectivity index (χ0v) is 13.9. The minimum Gasteiger partial charge on any atom is -0.310 e. The lowest BCUT2D eigenvalue weighted by Crippen LogP contribution is -2.23. The van der Waals surface area contributed by atoms with Gasteiger partial charge in [-0.2, -0.15) is 11.3 Å². The molecule has 0 aliphatic carbocycles. The summed E-state index contributed by atoms with van der Waals surface area (Å²) in [6.45, 7) is 3.13. The molecular weight excluding hydrogens is 309 g/mol.